The highest BCUT2D eigenvalue weighted by atomic mass is 32.2. The van der Waals surface area contributed by atoms with Crippen molar-refractivity contribution < 1.29 is 22.7 Å². The lowest BCUT2D eigenvalue weighted by atomic mass is 10.1. The van der Waals surface area contributed by atoms with Crippen molar-refractivity contribution in [2.45, 2.75) is 45.6 Å². The van der Waals surface area contributed by atoms with Gasteiger partial charge in [-0.25, -0.2) is 8.42 Å². The van der Waals surface area contributed by atoms with Crippen molar-refractivity contribution in [3.8, 4) is 11.5 Å². The first-order chi connectivity index (χ1) is 15.1. The summed E-state index contributed by atoms with van der Waals surface area (Å²) in [6, 6.07) is 10.2. The maximum atomic E-state index is 12.9. The summed E-state index contributed by atoms with van der Waals surface area (Å²) >= 11 is 0. The number of carbonyl (C=O) groups excluding carboxylic acids is 1. The first-order valence-corrected chi connectivity index (χ1v) is 12.0. The fraction of sp³-hybridized carbons (Fsp3) is 0.375. The van der Waals surface area contributed by atoms with Gasteiger partial charge < -0.3 is 14.8 Å². The predicted octanol–water partition coefficient (Wildman–Crippen LogP) is 4.47. The Morgan fingerprint density at radius 3 is 2.34 bits per heavy atom. The van der Waals surface area contributed by atoms with Gasteiger partial charge >= 0.3 is 0 Å². The van der Waals surface area contributed by atoms with Crippen LogP contribution in [0.15, 0.2) is 47.4 Å². The third-order valence-electron chi connectivity index (χ3n) is 4.71. The van der Waals surface area contributed by atoms with E-state index in [1.165, 1.54) is 22.5 Å². The van der Waals surface area contributed by atoms with Gasteiger partial charge in [-0.2, -0.15) is 4.31 Å². The summed E-state index contributed by atoms with van der Waals surface area (Å²) in [6.07, 6.45) is 2.88. The first-order valence-electron chi connectivity index (χ1n) is 10.6. The molecule has 0 saturated carbocycles. The number of hydrogen-bond acceptors (Lipinski definition) is 5. The van der Waals surface area contributed by atoms with E-state index in [2.05, 4.69) is 5.32 Å². The van der Waals surface area contributed by atoms with Crippen molar-refractivity contribution in [2.24, 2.45) is 0 Å². The molecule has 0 fully saturated rings. The minimum Gasteiger partial charge on any atom is -0.496 e. The van der Waals surface area contributed by atoms with Crippen molar-refractivity contribution in [1.82, 2.24) is 4.31 Å². The third kappa shape index (κ3) is 6.34. The molecule has 1 N–H and O–H groups in total. The topological polar surface area (TPSA) is 84.9 Å². The Morgan fingerprint density at radius 2 is 1.75 bits per heavy atom. The largest absolute Gasteiger partial charge is 0.496 e. The highest BCUT2D eigenvalue weighted by molar-refractivity contribution is 7.89. The molecule has 0 heterocycles. The molecule has 0 spiro atoms. The Morgan fingerprint density at radius 1 is 1.09 bits per heavy atom. The number of aryl methyl sites for hydroxylation is 1. The number of ether oxygens (including phenoxy) is 2. The molecule has 2 aromatic carbocycles. The van der Waals surface area contributed by atoms with Crippen LogP contribution < -0.4 is 14.8 Å². The molecule has 0 aliphatic heterocycles. The molecule has 1 amide bonds. The number of amides is 1. The number of nitrogens with one attached hydrogen (secondary N) is 1. The lowest BCUT2D eigenvalue weighted by Gasteiger charge is -2.20. The molecule has 0 unspecified atom stereocenters. The molecule has 0 atom stereocenters. The summed E-state index contributed by atoms with van der Waals surface area (Å²) in [7, 11) is -2.11. The fourth-order valence-electron chi connectivity index (χ4n) is 3.16. The number of sulfonamides is 1. The van der Waals surface area contributed by atoms with E-state index in [0.29, 0.717) is 24.6 Å². The molecule has 7 nitrogen and oxygen atoms in total. The number of hydrogen-bond donors (Lipinski definition) is 1. The van der Waals surface area contributed by atoms with Crippen LogP contribution >= 0.6 is 0 Å². The van der Waals surface area contributed by atoms with Crippen LogP contribution in [0.3, 0.4) is 0 Å². The molecule has 0 bridgehead atoms. The number of anilines is 1. The summed E-state index contributed by atoms with van der Waals surface area (Å²) in [5, 5.41) is 2.75. The molecule has 2 aromatic rings. The molecule has 2 rings (SSSR count). The maximum Gasteiger partial charge on any atom is 0.248 e. The highest BCUT2D eigenvalue weighted by Gasteiger charge is 2.23. The van der Waals surface area contributed by atoms with Crippen molar-refractivity contribution in [1.29, 1.82) is 0 Å². The van der Waals surface area contributed by atoms with Crippen LogP contribution in [-0.2, 0) is 14.8 Å². The van der Waals surface area contributed by atoms with E-state index < -0.39 is 15.9 Å². The van der Waals surface area contributed by atoms with Crippen molar-refractivity contribution in [3.63, 3.8) is 0 Å². The Kier molecular flexibility index (Phi) is 8.86. The van der Waals surface area contributed by atoms with Crippen LogP contribution in [0.5, 0.6) is 11.5 Å². The number of methoxy groups -OCH3 is 1. The van der Waals surface area contributed by atoms with E-state index in [0.717, 1.165) is 11.1 Å². The zero-order valence-corrected chi connectivity index (χ0v) is 20.3. The highest BCUT2D eigenvalue weighted by Crippen LogP contribution is 2.30. The minimum absolute atomic E-state index is 0.0944. The smallest absolute Gasteiger partial charge is 0.248 e. The quantitative estimate of drug-likeness (QED) is 0.529. The molecule has 0 aliphatic carbocycles. The van der Waals surface area contributed by atoms with E-state index in [4.69, 9.17) is 9.47 Å². The van der Waals surface area contributed by atoms with Gasteiger partial charge in [-0.3, -0.25) is 4.79 Å². The van der Waals surface area contributed by atoms with Gasteiger partial charge in [-0.1, -0.05) is 25.5 Å². The Balaban J connectivity index is 2.37. The van der Waals surface area contributed by atoms with Crippen LogP contribution in [0.25, 0.3) is 6.08 Å². The number of rotatable bonds is 10. The zero-order valence-electron chi connectivity index (χ0n) is 19.5. The van der Waals surface area contributed by atoms with Gasteiger partial charge in [-0.15, -0.1) is 0 Å². The second-order valence-corrected chi connectivity index (χ2v) is 9.42. The molecule has 0 saturated heterocycles. The SMILES string of the molecule is CCN(CC)S(=O)(=O)c1ccc(OC(C)C)c(NC(=O)/C=C/c2cc(C)ccc2OC)c1. The molecule has 0 radical (unpaired) electrons. The van der Waals surface area contributed by atoms with Crippen molar-refractivity contribution in [3.05, 3.63) is 53.6 Å². The number of nitrogens with zero attached hydrogens (tertiary/aromatic N) is 1. The number of carbonyl (C=O) groups is 1. The van der Waals surface area contributed by atoms with E-state index >= 15 is 0 Å². The summed E-state index contributed by atoms with van der Waals surface area (Å²) in [6.45, 7) is 9.94. The first kappa shape index (κ1) is 25.4. The molecule has 174 valence electrons. The van der Waals surface area contributed by atoms with E-state index in [1.807, 2.05) is 39.0 Å². The average molecular weight is 461 g/mol. The summed E-state index contributed by atoms with van der Waals surface area (Å²) < 4.78 is 38.3. The van der Waals surface area contributed by atoms with E-state index in [9.17, 15) is 13.2 Å². The molecular weight excluding hydrogens is 428 g/mol. The van der Waals surface area contributed by atoms with E-state index in [1.54, 1.807) is 33.1 Å². The van der Waals surface area contributed by atoms with E-state index in [-0.39, 0.29) is 16.7 Å². The lowest BCUT2D eigenvalue weighted by molar-refractivity contribution is -0.111. The monoisotopic (exact) mass is 460 g/mol. The molecule has 8 heteroatoms. The molecule has 0 aromatic heterocycles. The Labute approximate surface area is 191 Å². The van der Waals surface area contributed by atoms with Crippen LogP contribution in [0.2, 0.25) is 0 Å². The molecule has 32 heavy (non-hydrogen) atoms. The van der Waals surface area contributed by atoms with Gasteiger partial charge in [0.25, 0.3) is 0 Å². The van der Waals surface area contributed by atoms with Crippen LogP contribution in [0, 0.1) is 6.92 Å². The predicted molar refractivity (Wildman–Crippen MR) is 128 cm³/mol. The van der Waals surface area contributed by atoms with Gasteiger partial charge in [0.2, 0.25) is 15.9 Å². The molecule has 0 aliphatic rings. The Bertz CT molecular complexity index is 1070. The van der Waals surface area contributed by atoms with Gasteiger partial charge in [0, 0.05) is 24.7 Å². The zero-order chi connectivity index (χ0) is 23.9. The minimum atomic E-state index is -3.68. The Hall–Kier alpha value is -2.84. The summed E-state index contributed by atoms with van der Waals surface area (Å²) in [4.78, 5) is 12.8. The number of benzene rings is 2. The second kappa shape index (κ2) is 11.2. The standard InChI is InChI=1S/C24H32N2O5S/c1-7-26(8-2)32(28,29)20-11-13-23(31-17(3)4)21(16-20)25-24(27)14-10-19-15-18(5)9-12-22(19)30-6/h9-17H,7-8H2,1-6H3,(H,25,27)/b14-10+. The van der Waals surface area contributed by atoms with Gasteiger partial charge in [0.15, 0.2) is 0 Å². The van der Waals surface area contributed by atoms with Gasteiger partial charge in [-0.05, 0) is 57.2 Å². The maximum absolute atomic E-state index is 12.9. The van der Waals surface area contributed by atoms with Gasteiger partial charge in [0.1, 0.15) is 11.5 Å². The van der Waals surface area contributed by atoms with Crippen LogP contribution in [0.1, 0.15) is 38.8 Å². The van der Waals surface area contributed by atoms with Crippen LogP contribution in [-0.4, -0.2) is 44.9 Å². The van der Waals surface area contributed by atoms with Crippen molar-refractivity contribution in [2.75, 3.05) is 25.5 Å². The molecular formula is C24H32N2O5S. The third-order valence-corrected chi connectivity index (χ3v) is 6.76. The lowest BCUT2D eigenvalue weighted by Crippen LogP contribution is -2.30. The second-order valence-electron chi connectivity index (χ2n) is 7.48. The normalized spacial score (nSPS) is 11.9. The van der Waals surface area contributed by atoms with Gasteiger partial charge in [0.05, 0.1) is 23.8 Å². The fourth-order valence-corrected chi connectivity index (χ4v) is 4.65. The summed E-state index contributed by atoms with van der Waals surface area (Å²) in [5.41, 5.74) is 2.09. The average Bonchev–Trinajstić information content (AvgIpc) is 2.73. The van der Waals surface area contributed by atoms with Crippen LogP contribution in [0.4, 0.5) is 5.69 Å². The summed E-state index contributed by atoms with van der Waals surface area (Å²) in [5.74, 6) is 0.628. The van der Waals surface area contributed by atoms with Crippen molar-refractivity contribution >= 4 is 27.7 Å².